The van der Waals surface area contributed by atoms with Gasteiger partial charge in [0.1, 0.15) is 11.8 Å². The van der Waals surface area contributed by atoms with E-state index in [1.165, 1.54) is 0 Å². The highest BCUT2D eigenvalue weighted by Crippen LogP contribution is 2.43. The maximum atomic E-state index is 5.86. The Morgan fingerprint density at radius 1 is 0.970 bits per heavy atom. The number of thiocarbonyl (C=S) groups is 1. The Labute approximate surface area is 198 Å². The van der Waals surface area contributed by atoms with Crippen LogP contribution in [-0.4, -0.2) is 26.3 Å². The van der Waals surface area contributed by atoms with Crippen LogP contribution >= 0.6 is 12.2 Å². The fraction of sp³-hybridized carbons (Fsp3) is 0.192. The summed E-state index contributed by atoms with van der Waals surface area (Å²) in [7, 11) is 0. The highest BCUT2D eigenvalue weighted by atomic mass is 32.1. The van der Waals surface area contributed by atoms with Crippen LogP contribution in [0.5, 0.6) is 5.75 Å². The van der Waals surface area contributed by atoms with Crippen LogP contribution in [0.2, 0.25) is 0 Å². The SMILES string of the molecule is CCOc1ccc(N2C(=S)N[C@@H](c3ccccn3)[C@H]2c2ccc(C)n2-c2cccnc2)cc1. The molecule has 4 aromatic rings. The Kier molecular flexibility index (Phi) is 5.79. The van der Waals surface area contributed by atoms with Crippen molar-refractivity contribution in [3.8, 4) is 11.4 Å². The first-order chi connectivity index (χ1) is 16.2. The molecule has 0 bridgehead atoms. The lowest BCUT2D eigenvalue weighted by molar-refractivity contribution is 0.340. The highest BCUT2D eigenvalue weighted by Gasteiger charge is 2.42. The zero-order chi connectivity index (χ0) is 22.8. The lowest BCUT2D eigenvalue weighted by Gasteiger charge is -2.29. The monoisotopic (exact) mass is 455 g/mol. The number of aryl methyl sites for hydroxylation is 1. The van der Waals surface area contributed by atoms with Gasteiger partial charge in [0.05, 0.1) is 30.2 Å². The second-order valence-corrected chi connectivity index (χ2v) is 8.26. The smallest absolute Gasteiger partial charge is 0.174 e. The number of anilines is 1. The molecule has 0 amide bonds. The lowest BCUT2D eigenvalue weighted by atomic mass is 10.0. The van der Waals surface area contributed by atoms with E-state index in [2.05, 4.69) is 62.0 Å². The number of ether oxygens (including phenoxy) is 1. The molecule has 0 saturated carbocycles. The normalized spacial score (nSPS) is 17.8. The number of hydrogen-bond acceptors (Lipinski definition) is 4. The van der Waals surface area contributed by atoms with E-state index in [0.717, 1.165) is 34.2 Å². The molecule has 33 heavy (non-hydrogen) atoms. The van der Waals surface area contributed by atoms with Gasteiger partial charge in [-0.1, -0.05) is 6.07 Å². The second kappa shape index (κ2) is 9.03. The minimum atomic E-state index is -0.116. The predicted octanol–water partition coefficient (Wildman–Crippen LogP) is 5.15. The van der Waals surface area contributed by atoms with Gasteiger partial charge in [-0.2, -0.15) is 0 Å². The first-order valence-corrected chi connectivity index (χ1v) is 11.4. The molecule has 6 nitrogen and oxygen atoms in total. The van der Waals surface area contributed by atoms with Gasteiger partial charge >= 0.3 is 0 Å². The van der Waals surface area contributed by atoms with E-state index < -0.39 is 0 Å². The summed E-state index contributed by atoms with van der Waals surface area (Å²) < 4.78 is 7.89. The van der Waals surface area contributed by atoms with Crippen LogP contribution in [0.1, 0.15) is 36.1 Å². The number of nitrogens with zero attached hydrogens (tertiary/aromatic N) is 4. The Morgan fingerprint density at radius 3 is 2.52 bits per heavy atom. The maximum absolute atomic E-state index is 5.86. The zero-order valence-electron chi connectivity index (χ0n) is 18.6. The topological polar surface area (TPSA) is 55.2 Å². The molecule has 5 rings (SSSR count). The molecule has 7 heteroatoms. The molecule has 1 N–H and O–H groups in total. The van der Waals surface area contributed by atoms with Crippen molar-refractivity contribution in [2.45, 2.75) is 25.9 Å². The fourth-order valence-corrected chi connectivity index (χ4v) is 4.78. The summed E-state index contributed by atoms with van der Waals surface area (Å²) in [5.74, 6) is 0.840. The number of aromatic nitrogens is 3. The molecular formula is C26H25N5OS. The van der Waals surface area contributed by atoms with Gasteiger partial charge in [-0.05, 0) is 86.7 Å². The van der Waals surface area contributed by atoms with Gasteiger partial charge in [0.15, 0.2) is 5.11 Å². The van der Waals surface area contributed by atoms with E-state index in [4.69, 9.17) is 17.0 Å². The summed E-state index contributed by atoms with van der Waals surface area (Å²) in [5.41, 5.74) is 5.18. The summed E-state index contributed by atoms with van der Waals surface area (Å²) in [6, 6.07) is 22.2. The van der Waals surface area contributed by atoms with Gasteiger partial charge in [-0.25, -0.2) is 0 Å². The fourth-order valence-electron chi connectivity index (χ4n) is 4.43. The van der Waals surface area contributed by atoms with Crippen molar-refractivity contribution in [3.05, 3.63) is 102 Å². The van der Waals surface area contributed by atoms with Gasteiger partial charge < -0.3 is 19.5 Å². The molecule has 1 aliphatic heterocycles. The van der Waals surface area contributed by atoms with Crippen LogP contribution in [0.4, 0.5) is 5.69 Å². The van der Waals surface area contributed by atoms with Crippen LogP contribution in [-0.2, 0) is 0 Å². The molecular weight excluding hydrogens is 430 g/mol. The summed E-state index contributed by atoms with van der Waals surface area (Å²) in [5, 5.41) is 4.19. The number of pyridine rings is 2. The van der Waals surface area contributed by atoms with Crippen LogP contribution in [0, 0.1) is 6.92 Å². The van der Waals surface area contributed by atoms with Gasteiger partial charge in [0.25, 0.3) is 0 Å². The number of nitrogens with one attached hydrogen (secondary N) is 1. The van der Waals surface area contributed by atoms with Crippen LogP contribution in [0.15, 0.2) is 85.3 Å². The van der Waals surface area contributed by atoms with Crippen molar-refractivity contribution in [2.24, 2.45) is 0 Å². The van der Waals surface area contributed by atoms with Crippen LogP contribution in [0.25, 0.3) is 5.69 Å². The molecule has 1 saturated heterocycles. The van der Waals surface area contributed by atoms with Crippen molar-refractivity contribution >= 4 is 23.0 Å². The largest absolute Gasteiger partial charge is 0.494 e. The van der Waals surface area contributed by atoms with Gasteiger partial charge in [-0.3, -0.25) is 9.97 Å². The Hall–Kier alpha value is -3.71. The number of benzene rings is 1. The van der Waals surface area contributed by atoms with Crippen molar-refractivity contribution < 1.29 is 4.74 Å². The molecule has 0 radical (unpaired) electrons. The quantitative estimate of drug-likeness (QED) is 0.406. The van der Waals surface area contributed by atoms with Crippen molar-refractivity contribution in [3.63, 3.8) is 0 Å². The molecule has 4 heterocycles. The van der Waals surface area contributed by atoms with Crippen LogP contribution < -0.4 is 15.0 Å². The van der Waals surface area contributed by atoms with Crippen molar-refractivity contribution in [2.75, 3.05) is 11.5 Å². The molecule has 2 atom stereocenters. The van der Waals surface area contributed by atoms with E-state index in [9.17, 15) is 0 Å². The molecule has 0 spiro atoms. The van der Waals surface area contributed by atoms with Crippen molar-refractivity contribution in [1.29, 1.82) is 0 Å². The Bertz CT molecular complexity index is 1240. The van der Waals surface area contributed by atoms with E-state index in [0.29, 0.717) is 11.7 Å². The molecule has 166 valence electrons. The van der Waals surface area contributed by atoms with Gasteiger partial charge in [-0.15, -0.1) is 0 Å². The maximum Gasteiger partial charge on any atom is 0.174 e. The van der Waals surface area contributed by atoms with Crippen molar-refractivity contribution in [1.82, 2.24) is 19.9 Å². The Balaban J connectivity index is 1.65. The zero-order valence-corrected chi connectivity index (χ0v) is 19.4. The van der Waals surface area contributed by atoms with E-state index in [-0.39, 0.29) is 12.1 Å². The summed E-state index contributed by atoms with van der Waals surface area (Å²) in [6.45, 7) is 4.72. The van der Waals surface area contributed by atoms with Gasteiger partial charge in [0, 0.05) is 29.5 Å². The standard InChI is InChI=1S/C26H25N5OS/c1-3-32-21-12-10-19(11-13-21)31-25(24(29-26(31)33)22-8-4-5-16-28-22)23-14-9-18(2)30(23)20-7-6-15-27-17-20/h4-17,24-25H,3H2,1-2H3,(H,29,33)/t24-,25+/m0/s1. The summed E-state index contributed by atoms with van der Waals surface area (Å²) >= 11 is 5.86. The van der Waals surface area contributed by atoms with Gasteiger partial charge in [0.2, 0.25) is 0 Å². The average Bonchev–Trinajstić information content (AvgIpc) is 3.40. The minimum Gasteiger partial charge on any atom is -0.494 e. The summed E-state index contributed by atoms with van der Waals surface area (Å²) in [4.78, 5) is 11.2. The third-order valence-corrected chi connectivity index (χ3v) is 6.15. The number of rotatable bonds is 6. The first-order valence-electron chi connectivity index (χ1n) is 11.0. The third-order valence-electron chi connectivity index (χ3n) is 5.84. The highest BCUT2D eigenvalue weighted by molar-refractivity contribution is 7.80. The molecule has 0 aliphatic carbocycles. The molecule has 3 aromatic heterocycles. The molecule has 1 aromatic carbocycles. The third kappa shape index (κ3) is 3.96. The first kappa shape index (κ1) is 21.2. The molecule has 1 aliphatic rings. The number of hydrogen-bond donors (Lipinski definition) is 1. The second-order valence-electron chi connectivity index (χ2n) is 7.87. The minimum absolute atomic E-state index is 0.112. The van der Waals surface area contributed by atoms with E-state index in [1.54, 1.807) is 6.20 Å². The summed E-state index contributed by atoms with van der Waals surface area (Å²) in [6.07, 6.45) is 5.49. The Morgan fingerprint density at radius 2 is 1.82 bits per heavy atom. The van der Waals surface area contributed by atoms with E-state index >= 15 is 0 Å². The molecule has 1 fully saturated rings. The lowest BCUT2D eigenvalue weighted by Crippen LogP contribution is -2.30. The van der Waals surface area contributed by atoms with Crippen LogP contribution in [0.3, 0.4) is 0 Å². The predicted molar refractivity (Wildman–Crippen MR) is 134 cm³/mol. The molecule has 0 unspecified atom stereocenters. The average molecular weight is 456 g/mol. The van der Waals surface area contributed by atoms with E-state index in [1.807, 2.05) is 55.7 Å².